The van der Waals surface area contributed by atoms with Gasteiger partial charge in [-0.05, 0) is 49.2 Å². The first-order valence-corrected chi connectivity index (χ1v) is 18.3. The van der Waals surface area contributed by atoms with E-state index in [4.69, 9.17) is 4.43 Å². The van der Waals surface area contributed by atoms with E-state index in [1.54, 1.807) is 34.1 Å². The molecule has 2 aromatic carbocycles. The number of hydrogen-bond acceptors (Lipinski definition) is 5. The Morgan fingerprint density at radius 2 is 1.70 bits per heavy atom. The number of anilines is 1. The van der Waals surface area contributed by atoms with Crippen molar-refractivity contribution in [1.29, 1.82) is 0 Å². The molecule has 3 rings (SSSR count). The van der Waals surface area contributed by atoms with Crippen LogP contribution in [0.2, 0.25) is 18.1 Å². The predicted octanol–water partition coefficient (Wildman–Crippen LogP) is 5.09. The fourth-order valence-electron chi connectivity index (χ4n) is 4.52. The van der Waals surface area contributed by atoms with Gasteiger partial charge in [-0.2, -0.15) is 0 Å². The second kappa shape index (κ2) is 12.5. The van der Waals surface area contributed by atoms with Gasteiger partial charge in [0.1, 0.15) is 6.04 Å². The minimum atomic E-state index is -3.72. The predicted molar refractivity (Wildman–Crippen MR) is 162 cm³/mol. The lowest BCUT2D eigenvalue weighted by Gasteiger charge is -2.43. The summed E-state index contributed by atoms with van der Waals surface area (Å²) < 4.78 is 34.2. The minimum absolute atomic E-state index is 0.0292. The molecule has 1 N–H and O–H groups in total. The van der Waals surface area contributed by atoms with E-state index >= 15 is 0 Å². The minimum Gasteiger partial charge on any atom is -0.412 e. The number of sulfonamides is 1. The summed E-state index contributed by atoms with van der Waals surface area (Å²) >= 11 is 0. The fourth-order valence-corrected chi connectivity index (χ4v) is 6.50. The summed E-state index contributed by atoms with van der Waals surface area (Å²) in [5.41, 5.74) is 2.73. The summed E-state index contributed by atoms with van der Waals surface area (Å²) in [6, 6.07) is 13.7. The SMILES string of the molecule is Cc1ccc(S(=O)(=O)NCCC(=O)N2CCN(c3ccccc3CO[Si](C)(C)C(C)(C)C)C(=O)C2C(C)C)cc1. The second-order valence-electron chi connectivity index (χ2n) is 12.4. The zero-order valence-corrected chi connectivity index (χ0v) is 27.0. The van der Waals surface area contributed by atoms with Crippen LogP contribution in [0.15, 0.2) is 53.4 Å². The summed E-state index contributed by atoms with van der Waals surface area (Å²) in [5.74, 6) is -0.485. The van der Waals surface area contributed by atoms with Crippen LogP contribution in [-0.2, 0) is 30.6 Å². The molecular weight excluding hydrogens is 542 g/mol. The molecule has 1 unspecified atom stereocenters. The van der Waals surface area contributed by atoms with Gasteiger partial charge in [0, 0.05) is 37.3 Å². The standard InChI is InChI=1S/C30H45N3O5SSi/c1-22(2)28-29(35)32(26-12-10-9-11-24(26)21-38-40(7,8)30(4,5)6)19-20-33(28)27(34)17-18-31-39(36,37)25-15-13-23(3)14-16-25/h9-16,22,28,31H,17-21H2,1-8H3. The number of benzene rings is 2. The van der Waals surface area contributed by atoms with Crippen LogP contribution in [0.4, 0.5) is 5.69 Å². The van der Waals surface area contributed by atoms with Crippen LogP contribution < -0.4 is 9.62 Å². The third kappa shape index (κ3) is 7.40. The number of para-hydroxylation sites is 1. The molecule has 2 aromatic rings. The largest absolute Gasteiger partial charge is 0.412 e. The molecular formula is C30H45N3O5SSi. The highest BCUT2D eigenvalue weighted by atomic mass is 32.2. The quantitative estimate of drug-likeness (QED) is 0.391. The number of nitrogens with one attached hydrogen (secondary N) is 1. The van der Waals surface area contributed by atoms with Gasteiger partial charge in [0.15, 0.2) is 8.32 Å². The van der Waals surface area contributed by atoms with E-state index in [1.165, 1.54) is 0 Å². The average Bonchev–Trinajstić information content (AvgIpc) is 2.86. The van der Waals surface area contributed by atoms with Gasteiger partial charge in [-0.15, -0.1) is 0 Å². The summed E-state index contributed by atoms with van der Waals surface area (Å²) in [7, 11) is -5.71. The van der Waals surface area contributed by atoms with Crippen LogP contribution in [-0.4, -0.2) is 59.1 Å². The number of carbonyl (C=O) groups is 2. The van der Waals surface area contributed by atoms with E-state index in [9.17, 15) is 18.0 Å². The van der Waals surface area contributed by atoms with E-state index < -0.39 is 24.4 Å². The van der Waals surface area contributed by atoms with Gasteiger partial charge in [-0.1, -0.05) is 70.5 Å². The highest BCUT2D eigenvalue weighted by Crippen LogP contribution is 2.38. The van der Waals surface area contributed by atoms with Gasteiger partial charge >= 0.3 is 0 Å². The van der Waals surface area contributed by atoms with Gasteiger partial charge in [-0.3, -0.25) is 9.59 Å². The van der Waals surface area contributed by atoms with E-state index in [-0.39, 0.29) is 40.6 Å². The van der Waals surface area contributed by atoms with Crippen molar-refractivity contribution in [1.82, 2.24) is 9.62 Å². The molecule has 0 bridgehead atoms. The smallest absolute Gasteiger partial charge is 0.250 e. The molecule has 0 saturated carbocycles. The van der Waals surface area contributed by atoms with E-state index in [0.29, 0.717) is 19.7 Å². The Bertz CT molecular complexity index is 1300. The number of nitrogens with zero attached hydrogens (tertiary/aromatic N) is 2. The molecule has 1 saturated heterocycles. The lowest BCUT2D eigenvalue weighted by atomic mass is 9.97. The first kappa shape index (κ1) is 32.0. The second-order valence-corrected chi connectivity index (χ2v) is 19.0. The third-order valence-electron chi connectivity index (χ3n) is 8.01. The number of amides is 2. The number of piperazine rings is 1. The van der Waals surface area contributed by atoms with Crippen LogP contribution in [0.5, 0.6) is 0 Å². The molecule has 40 heavy (non-hydrogen) atoms. The number of hydrogen-bond donors (Lipinski definition) is 1. The van der Waals surface area contributed by atoms with E-state index in [2.05, 4.69) is 38.6 Å². The van der Waals surface area contributed by atoms with E-state index in [1.807, 2.05) is 45.0 Å². The molecule has 1 atom stereocenters. The number of carbonyl (C=O) groups excluding carboxylic acids is 2. The zero-order valence-electron chi connectivity index (χ0n) is 25.2. The fraction of sp³-hybridized carbons (Fsp3) is 0.533. The molecule has 220 valence electrons. The van der Waals surface area contributed by atoms with Gasteiger partial charge < -0.3 is 14.2 Å². The third-order valence-corrected chi connectivity index (χ3v) is 14.0. The van der Waals surface area contributed by atoms with Crippen LogP contribution in [0.3, 0.4) is 0 Å². The average molecular weight is 588 g/mol. The highest BCUT2D eigenvalue weighted by molar-refractivity contribution is 7.89. The molecule has 2 amide bonds. The van der Waals surface area contributed by atoms with Crippen molar-refractivity contribution in [2.45, 2.75) is 83.6 Å². The summed E-state index contributed by atoms with van der Waals surface area (Å²) in [5, 5.41) is 0.0703. The first-order valence-electron chi connectivity index (χ1n) is 13.9. The Balaban J connectivity index is 1.71. The van der Waals surface area contributed by atoms with Crippen molar-refractivity contribution in [3.05, 3.63) is 59.7 Å². The molecule has 0 aliphatic carbocycles. The van der Waals surface area contributed by atoms with Crippen molar-refractivity contribution in [3.63, 3.8) is 0 Å². The normalized spacial score (nSPS) is 17.0. The van der Waals surface area contributed by atoms with Gasteiger partial charge in [0.05, 0.1) is 11.5 Å². The van der Waals surface area contributed by atoms with Crippen molar-refractivity contribution in [2.24, 2.45) is 5.92 Å². The first-order chi connectivity index (χ1) is 18.5. The van der Waals surface area contributed by atoms with Crippen molar-refractivity contribution >= 4 is 35.8 Å². The number of rotatable bonds is 10. The molecule has 0 aromatic heterocycles. The van der Waals surface area contributed by atoms with Gasteiger partial charge in [0.25, 0.3) is 0 Å². The Kier molecular flexibility index (Phi) is 10.0. The Morgan fingerprint density at radius 1 is 1.07 bits per heavy atom. The van der Waals surface area contributed by atoms with Crippen molar-refractivity contribution < 1.29 is 22.4 Å². The maximum absolute atomic E-state index is 13.8. The highest BCUT2D eigenvalue weighted by Gasteiger charge is 2.41. The van der Waals surface area contributed by atoms with Gasteiger partial charge in [0.2, 0.25) is 21.8 Å². The lowest BCUT2D eigenvalue weighted by molar-refractivity contribution is -0.143. The van der Waals surface area contributed by atoms with Crippen LogP contribution in [0.1, 0.15) is 52.2 Å². The number of aryl methyl sites for hydroxylation is 1. The molecule has 0 spiro atoms. The van der Waals surface area contributed by atoms with Crippen molar-refractivity contribution in [3.8, 4) is 0 Å². The zero-order chi connectivity index (χ0) is 29.9. The van der Waals surface area contributed by atoms with Crippen LogP contribution in [0.25, 0.3) is 0 Å². The molecule has 10 heteroatoms. The maximum Gasteiger partial charge on any atom is 0.250 e. The molecule has 1 aliphatic rings. The molecule has 1 heterocycles. The molecule has 0 radical (unpaired) electrons. The Hall–Kier alpha value is -2.53. The molecule has 8 nitrogen and oxygen atoms in total. The van der Waals surface area contributed by atoms with Crippen molar-refractivity contribution in [2.75, 3.05) is 24.5 Å². The van der Waals surface area contributed by atoms with E-state index in [0.717, 1.165) is 16.8 Å². The summed E-state index contributed by atoms with van der Waals surface area (Å²) in [4.78, 5) is 30.6. The summed E-state index contributed by atoms with van der Waals surface area (Å²) in [6.07, 6.45) is -0.0292. The molecule has 1 fully saturated rings. The Morgan fingerprint density at radius 3 is 2.30 bits per heavy atom. The molecule has 1 aliphatic heterocycles. The lowest BCUT2D eigenvalue weighted by Crippen LogP contribution is -2.61. The topological polar surface area (TPSA) is 96.0 Å². The maximum atomic E-state index is 13.8. The van der Waals surface area contributed by atoms with Gasteiger partial charge in [-0.25, -0.2) is 13.1 Å². The van der Waals surface area contributed by atoms with Crippen LogP contribution in [0, 0.1) is 12.8 Å². The summed E-state index contributed by atoms with van der Waals surface area (Å²) in [6.45, 7) is 17.9. The Labute approximate surface area is 241 Å². The van der Waals surface area contributed by atoms with Crippen LogP contribution >= 0.6 is 0 Å². The monoisotopic (exact) mass is 587 g/mol.